The second-order valence-corrected chi connectivity index (χ2v) is 5.61. The maximum atomic E-state index is 6.06. The number of benzene rings is 1. The highest BCUT2D eigenvalue weighted by atomic mass is 35.5. The third-order valence-electron chi connectivity index (χ3n) is 3.80. The van der Waals surface area contributed by atoms with E-state index in [1.165, 1.54) is 16.7 Å². The Hall–Kier alpha value is -1.42. The molecule has 112 valence electrons. The van der Waals surface area contributed by atoms with Gasteiger partial charge in [0.1, 0.15) is 0 Å². The van der Waals surface area contributed by atoms with Crippen LogP contribution in [0.2, 0.25) is 5.02 Å². The number of aromatic nitrogens is 1. The monoisotopic (exact) mass is 303 g/mol. The van der Waals surface area contributed by atoms with Crippen LogP contribution in [-0.2, 0) is 6.54 Å². The van der Waals surface area contributed by atoms with E-state index in [9.17, 15) is 0 Å². The quantitative estimate of drug-likeness (QED) is 0.887. The summed E-state index contributed by atoms with van der Waals surface area (Å²) < 4.78 is 0. The molecule has 0 radical (unpaired) electrons. The first-order chi connectivity index (χ1) is 10.2. The molecule has 0 bridgehead atoms. The van der Waals surface area contributed by atoms with Crippen molar-refractivity contribution in [3.63, 3.8) is 0 Å². The summed E-state index contributed by atoms with van der Waals surface area (Å²) >= 11 is 6.06. The number of rotatable bonds is 6. The van der Waals surface area contributed by atoms with Crippen molar-refractivity contribution in [3.8, 4) is 0 Å². The lowest BCUT2D eigenvalue weighted by atomic mass is 9.99. The molecule has 0 saturated carbocycles. The number of pyridine rings is 1. The van der Waals surface area contributed by atoms with Crippen LogP contribution in [0, 0.1) is 6.92 Å². The molecule has 2 aromatic rings. The highest BCUT2D eigenvalue weighted by Crippen LogP contribution is 2.26. The third kappa shape index (κ3) is 4.03. The fraction of sp³-hybridized carbons (Fsp3) is 0.353. The number of likely N-dealkylation sites (N-methyl/N-ethyl adjacent to an activating group) is 1. The number of nitrogens with zero attached hydrogens (tertiary/aromatic N) is 2. The van der Waals surface area contributed by atoms with E-state index in [-0.39, 0.29) is 6.04 Å². The van der Waals surface area contributed by atoms with Gasteiger partial charge < -0.3 is 5.73 Å². The van der Waals surface area contributed by atoms with Crippen LogP contribution in [-0.4, -0.2) is 23.0 Å². The molecule has 2 N–H and O–H groups in total. The summed E-state index contributed by atoms with van der Waals surface area (Å²) in [5, 5.41) is 0.768. The van der Waals surface area contributed by atoms with Crippen LogP contribution in [0.5, 0.6) is 0 Å². The molecular weight excluding hydrogens is 282 g/mol. The van der Waals surface area contributed by atoms with Gasteiger partial charge in [0.25, 0.3) is 0 Å². The number of halogens is 1. The molecule has 21 heavy (non-hydrogen) atoms. The predicted octanol–water partition coefficient (Wildman–Crippen LogP) is 3.57. The van der Waals surface area contributed by atoms with Crippen LogP contribution in [0.15, 0.2) is 42.7 Å². The number of hydrogen-bond donors (Lipinski definition) is 1. The molecule has 1 heterocycles. The second kappa shape index (κ2) is 7.55. The predicted molar refractivity (Wildman–Crippen MR) is 88.3 cm³/mol. The molecule has 0 aliphatic heterocycles. The van der Waals surface area contributed by atoms with Gasteiger partial charge in [-0.3, -0.25) is 9.88 Å². The topological polar surface area (TPSA) is 42.2 Å². The zero-order valence-electron chi connectivity index (χ0n) is 12.6. The lowest BCUT2D eigenvalue weighted by Gasteiger charge is -2.31. The van der Waals surface area contributed by atoms with E-state index in [1.54, 1.807) is 0 Å². The molecule has 4 heteroatoms. The lowest BCUT2D eigenvalue weighted by Crippen LogP contribution is -2.33. The van der Waals surface area contributed by atoms with Crippen molar-refractivity contribution in [2.24, 2.45) is 5.73 Å². The molecule has 0 aliphatic carbocycles. The Morgan fingerprint density at radius 2 is 1.95 bits per heavy atom. The summed E-state index contributed by atoms with van der Waals surface area (Å²) in [5.41, 5.74) is 9.74. The molecule has 1 unspecified atom stereocenters. The molecule has 1 aromatic heterocycles. The van der Waals surface area contributed by atoms with Gasteiger partial charge in [-0.1, -0.05) is 24.6 Å². The number of aryl methyl sites for hydroxylation is 1. The Labute approximate surface area is 131 Å². The van der Waals surface area contributed by atoms with Crippen molar-refractivity contribution in [1.29, 1.82) is 0 Å². The molecule has 0 spiro atoms. The summed E-state index contributed by atoms with van der Waals surface area (Å²) in [6.07, 6.45) is 3.66. The number of hydrogen-bond acceptors (Lipinski definition) is 3. The Kier molecular flexibility index (Phi) is 5.74. The fourth-order valence-corrected chi connectivity index (χ4v) is 2.88. The Balaban J connectivity index is 2.25. The highest BCUT2D eigenvalue weighted by Gasteiger charge is 2.19. The van der Waals surface area contributed by atoms with Crippen molar-refractivity contribution in [2.45, 2.75) is 26.4 Å². The van der Waals surface area contributed by atoms with E-state index >= 15 is 0 Å². The molecule has 1 atom stereocenters. The van der Waals surface area contributed by atoms with Gasteiger partial charge in [-0.25, -0.2) is 0 Å². The van der Waals surface area contributed by atoms with Gasteiger partial charge in [-0.05, 0) is 54.4 Å². The zero-order chi connectivity index (χ0) is 15.2. The normalized spacial score (nSPS) is 12.6. The van der Waals surface area contributed by atoms with E-state index < -0.39 is 0 Å². The number of nitrogens with two attached hydrogens (primary N) is 1. The zero-order valence-corrected chi connectivity index (χ0v) is 13.3. The molecule has 0 aliphatic rings. The minimum absolute atomic E-state index is 0.195. The van der Waals surface area contributed by atoms with Gasteiger partial charge in [0.2, 0.25) is 0 Å². The van der Waals surface area contributed by atoms with Gasteiger partial charge in [0.05, 0.1) is 0 Å². The van der Waals surface area contributed by atoms with Crippen molar-refractivity contribution >= 4 is 11.6 Å². The van der Waals surface area contributed by atoms with Crippen molar-refractivity contribution in [2.75, 3.05) is 13.1 Å². The van der Waals surface area contributed by atoms with Crippen molar-refractivity contribution in [1.82, 2.24) is 9.88 Å². The minimum atomic E-state index is 0.195. The van der Waals surface area contributed by atoms with Gasteiger partial charge in [0, 0.05) is 36.5 Å². The van der Waals surface area contributed by atoms with Crippen LogP contribution in [0.4, 0.5) is 0 Å². The summed E-state index contributed by atoms with van der Waals surface area (Å²) in [6, 6.07) is 10.3. The maximum Gasteiger partial charge on any atom is 0.0476 e. The summed E-state index contributed by atoms with van der Waals surface area (Å²) in [5.74, 6) is 0. The average Bonchev–Trinajstić information content (AvgIpc) is 2.49. The summed E-state index contributed by atoms with van der Waals surface area (Å²) in [6.45, 7) is 6.63. The first-order valence-electron chi connectivity index (χ1n) is 7.24. The van der Waals surface area contributed by atoms with Crippen LogP contribution in [0.1, 0.15) is 29.7 Å². The lowest BCUT2D eigenvalue weighted by molar-refractivity contribution is 0.203. The molecule has 1 aromatic carbocycles. The fourth-order valence-electron chi connectivity index (χ4n) is 2.65. The molecule has 0 fully saturated rings. The molecule has 0 amide bonds. The third-order valence-corrected chi connectivity index (χ3v) is 4.03. The summed E-state index contributed by atoms with van der Waals surface area (Å²) in [4.78, 5) is 6.45. The van der Waals surface area contributed by atoms with E-state index in [0.717, 1.165) is 18.1 Å². The van der Waals surface area contributed by atoms with Gasteiger partial charge in [-0.15, -0.1) is 0 Å². The smallest absolute Gasteiger partial charge is 0.0476 e. The average molecular weight is 304 g/mol. The highest BCUT2D eigenvalue weighted by molar-refractivity contribution is 6.30. The Morgan fingerprint density at radius 3 is 2.52 bits per heavy atom. The molecular formula is C17H22ClN3. The van der Waals surface area contributed by atoms with Gasteiger partial charge in [-0.2, -0.15) is 0 Å². The van der Waals surface area contributed by atoms with E-state index in [0.29, 0.717) is 6.54 Å². The second-order valence-electron chi connectivity index (χ2n) is 5.17. The Bertz CT molecular complexity index is 572. The van der Waals surface area contributed by atoms with E-state index in [4.69, 9.17) is 17.3 Å². The van der Waals surface area contributed by atoms with E-state index in [1.807, 2.05) is 36.7 Å². The standard InChI is InChI=1S/C17H22ClN3/c1-3-21(12-14-6-8-20-9-7-14)17(11-19)16-5-4-15(18)10-13(16)2/h4-10,17H,3,11-12,19H2,1-2H3. The van der Waals surface area contributed by atoms with Crippen LogP contribution < -0.4 is 5.73 Å². The van der Waals surface area contributed by atoms with Crippen molar-refractivity contribution < 1.29 is 0 Å². The first-order valence-corrected chi connectivity index (χ1v) is 7.62. The molecule has 0 saturated heterocycles. The van der Waals surface area contributed by atoms with Crippen LogP contribution in [0.3, 0.4) is 0 Å². The van der Waals surface area contributed by atoms with Gasteiger partial charge in [0.15, 0.2) is 0 Å². The molecule has 2 rings (SSSR count). The van der Waals surface area contributed by atoms with Gasteiger partial charge >= 0.3 is 0 Å². The first kappa shape index (κ1) is 16.0. The van der Waals surface area contributed by atoms with E-state index in [2.05, 4.69) is 29.8 Å². The van der Waals surface area contributed by atoms with Crippen LogP contribution >= 0.6 is 11.6 Å². The maximum absolute atomic E-state index is 6.06. The Morgan fingerprint density at radius 1 is 1.24 bits per heavy atom. The van der Waals surface area contributed by atoms with Crippen LogP contribution in [0.25, 0.3) is 0 Å². The SMILES string of the molecule is CCN(Cc1ccncc1)C(CN)c1ccc(Cl)cc1C. The van der Waals surface area contributed by atoms with Crippen molar-refractivity contribution in [3.05, 3.63) is 64.4 Å². The minimum Gasteiger partial charge on any atom is -0.329 e. The summed E-state index contributed by atoms with van der Waals surface area (Å²) in [7, 11) is 0. The largest absolute Gasteiger partial charge is 0.329 e. The molecule has 3 nitrogen and oxygen atoms in total.